The minimum absolute atomic E-state index is 0.401. The van der Waals surface area contributed by atoms with Gasteiger partial charge < -0.3 is 10.0 Å². The van der Waals surface area contributed by atoms with Crippen LogP contribution in [0.15, 0.2) is 0 Å². The highest BCUT2D eigenvalue weighted by molar-refractivity contribution is 7.15. The van der Waals surface area contributed by atoms with E-state index in [1.165, 1.54) is 6.42 Å². The molecule has 2 heterocycles. The molecule has 17 heavy (non-hydrogen) atoms. The zero-order chi connectivity index (χ0) is 12.6. The standard InChI is InChI=1S/C13H22N2OS/c1-8-5-6-15(7-9(8)2)13-14-10(3)12(17-13)11(4)16/h8-9,11,16H,5-7H2,1-4H3. The van der Waals surface area contributed by atoms with Gasteiger partial charge in [0.15, 0.2) is 5.13 Å². The van der Waals surface area contributed by atoms with E-state index in [1.54, 1.807) is 11.3 Å². The highest BCUT2D eigenvalue weighted by Gasteiger charge is 2.25. The Kier molecular flexibility index (Phi) is 3.73. The third kappa shape index (κ3) is 2.63. The molecule has 1 aromatic heterocycles. The first-order chi connectivity index (χ1) is 7.99. The SMILES string of the molecule is Cc1nc(N2CCC(C)C(C)C2)sc1C(C)O. The molecule has 0 radical (unpaired) electrons. The van der Waals surface area contributed by atoms with Crippen molar-refractivity contribution in [3.63, 3.8) is 0 Å². The van der Waals surface area contributed by atoms with Crippen LogP contribution in [-0.4, -0.2) is 23.2 Å². The molecule has 1 fully saturated rings. The molecule has 0 aromatic carbocycles. The van der Waals surface area contributed by atoms with Crippen molar-refractivity contribution in [1.29, 1.82) is 0 Å². The van der Waals surface area contributed by atoms with Crippen LogP contribution in [0.4, 0.5) is 5.13 Å². The Balaban J connectivity index is 2.15. The van der Waals surface area contributed by atoms with Gasteiger partial charge in [0, 0.05) is 13.1 Å². The molecule has 3 nitrogen and oxygen atoms in total. The van der Waals surface area contributed by atoms with E-state index in [0.29, 0.717) is 0 Å². The van der Waals surface area contributed by atoms with Gasteiger partial charge in [-0.05, 0) is 32.1 Å². The zero-order valence-electron chi connectivity index (χ0n) is 11.1. The average Bonchev–Trinajstić information content (AvgIpc) is 2.64. The van der Waals surface area contributed by atoms with Crippen molar-refractivity contribution < 1.29 is 5.11 Å². The Morgan fingerprint density at radius 1 is 1.41 bits per heavy atom. The lowest BCUT2D eigenvalue weighted by Gasteiger charge is -2.35. The lowest BCUT2D eigenvalue weighted by atomic mass is 9.89. The maximum absolute atomic E-state index is 9.66. The summed E-state index contributed by atoms with van der Waals surface area (Å²) in [5.41, 5.74) is 0.978. The van der Waals surface area contributed by atoms with E-state index in [1.807, 2.05) is 13.8 Å². The number of hydrogen-bond acceptors (Lipinski definition) is 4. The van der Waals surface area contributed by atoms with Crippen LogP contribution in [-0.2, 0) is 0 Å². The van der Waals surface area contributed by atoms with Crippen LogP contribution in [0, 0.1) is 18.8 Å². The van der Waals surface area contributed by atoms with E-state index >= 15 is 0 Å². The molecule has 0 amide bonds. The van der Waals surface area contributed by atoms with Crippen LogP contribution in [0.1, 0.15) is 43.9 Å². The molecular formula is C13H22N2OS. The highest BCUT2D eigenvalue weighted by atomic mass is 32.1. The number of anilines is 1. The van der Waals surface area contributed by atoms with Gasteiger partial charge in [0.05, 0.1) is 16.7 Å². The first kappa shape index (κ1) is 12.8. The van der Waals surface area contributed by atoms with Crippen LogP contribution in [0.25, 0.3) is 0 Å². The maximum Gasteiger partial charge on any atom is 0.185 e. The van der Waals surface area contributed by atoms with Crippen LogP contribution in [0.5, 0.6) is 0 Å². The van der Waals surface area contributed by atoms with E-state index in [0.717, 1.165) is 40.6 Å². The molecular weight excluding hydrogens is 232 g/mol. The largest absolute Gasteiger partial charge is 0.388 e. The molecule has 3 atom stereocenters. The molecule has 1 aliphatic heterocycles. The molecule has 0 spiro atoms. The monoisotopic (exact) mass is 254 g/mol. The highest BCUT2D eigenvalue weighted by Crippen LogP contribution is 2.33. The van der Waals surface area contributed by atoms with E-state index in [-0.39, 0.29) is 0 Å². The summed E-state index contributed by atoms with van der Waals surface area (Å²) in [5.74, 6) is 1.53. The summed E-state index contributed by atoms with van der Waals surface area (Å²) in [4.78, 5) is 7.97. The van der Waals surface area contributed by atoms with Crippen molar-refractivity contribution in [2.75, 3.05) is 18.0 Å². The smallest absolute Gasteiger partial charge is 0.185 e. The van der Waals surface area contributed by atoms with E-state index in [2.05, 4.69) is 23.7 Å². The zero-order valence-corrected chi connectivity index (χ0v) is 11.9. The van der Waals surface area contributed by atoms with Gasteiger partial charge in [-0.2, -0.15) is 0 Å². The molecule has 0 aliphatic carbocycles. The minimum Gasteiger partial charge on any atom is -0.388 e. The van der Waals surface area contributed by atoms with E-state index < -0.39 is 6.10 Å². The predicted molar refractivity (Wildman–Crippen MR) is 72.6 cm³/mol. The lowest BCUT2D eigenvalue weighted by molar-refractivity contribution is 0.202. The Bertz CT molecular complexity index is 389. The molecule has 1 aromatic rings. The van der Waals surface area contributed by atoms with Gasteiger partial charge in [0.25, 0.3) is 0 Å². The fraction of sp³-hybridized carbons (Fsp3) is 0.769. The quantitative estimate of drug-likeness (QED) is 0.881. The van der Waals surface area contributed by atoms with Crippen molar-refractivity contribution in [3.8, 4) is 0 Å². The molecule has 4 heteroatoms. The van der Waals surface area contributed by atoms with E-state index in [9.17, 15) is 5.11 Å². The van der Waals surface area contributed by atoms with E-state index in [4.69, 9.17) is 0 Å². The number of piperidine rings is 1. The first-order valence-corrected chi connectivity index (χ1v) is 7.21. The van der Waals surface area contributed by atoms with Gasteiger partial charge in [0.1, 0.15) is 0 Å². The number of aliphatic hydroxyl groups excluding tert-OH is 1. The second-order valence-corrected chi connectivity index (χ2v) is 6.32. The molecule has 96 valence electrons. The summed E-state index contributed by atoms with van der Waals surface area (Å²) in [6.07, 6.45) is 0.839. The van der Waals surface area contributed by atoms with Crippen LogP contribution < -0.4 is 4.90 Å². The average molecular weight is 254 g/mol. The third-order valence-corrected chi connectivity index (χ3v) is 5.19. The number of thiazole rings is 1. The van der Waals surface area contributed by atoms with Crippen molar-refractivity contribution in [2.45, 2.75) is 40.2 Å². The molecule has 1 aliphatic rings. The van der Waals surface area contributed by atoms with Crippen LogP contribution in [0.2, 0.25) is 0 Å². The van der Waals surface area contributed by atoms with Crippen molar-refractivity contribution in [3.05, 3.63) is 10.6 Å². The fourth-order valence-corrected chi connectivity index (χ4v) is 3.39. The lowest BCUT2D eigenvalue weighted by Crippen LogP contribution is -2.38. The summed E-state index contributed by atoms with van der Waals surface area (Å²) in [6, 6.07) is 0. The molecule has 3 unspecified atom stereocenters. The summed E-state index contributed by atoms with van der Waals surface area (Å²) in [7, 11) is 0. The number of hydrogen-bond donors (Lipinski definition) is 1. The molecule has 1 saturated heterocycles. The molecule has 1 N–H and O–H groups in total. The summed E-state index contributed by atoms with van der Waals surface area (Å²) < 4.78 is 0. The summed E-state index contributed by atoms with van der Waals surface area (Å²) in [6.45, 7) is 10.6. The Hall–Kier alpha value is -0.610. The van der Waals surface area contributed by atoms with Crippen molar-refractivity contribution >= 4 is 16.5 Å². The molecule has 0 saturated carbocycles. The predicted octanol–water partition coefficient (Wildman–Crippen LogP) is 2.99. The topological polar surface area (TPSA) is 36.4 Å². The minimum atomic E-state index is -0.401. The number of aliphatic hydroxyl groups is 1. The van der Waals surface area contributed by atoms with Gasteiger partial charge in [-0.15, -0.1) is 0 Å². The normalized spacial score (nSPS) is 27.2. The molecule has 0 bridgehead atoms. The van der Waals surface area contributed by atoms with Crippen molar-refractivity contribution in [2.24, 2.45) is 11.8 Å². The fourth-order valence-electron chi connectivity index (χ4n) is 2.35. The van der Waals surface area contributed by atoms with Gasteiger partial charge in [-0.1, -0.05) is 25.2 Å². The van der Waals surface area contributed by atoms with Gasteiger partial charge in [-0.3, -0.25) is 0 Å². The Morgan fingerprint density at radius 2 is 2.12 bits per heavy atom. The summed E-state index contributed by atoms with van der Waals surface area (Å²) in [5, 5.41) is 10.7. The van der Waals surface area contributed by atoms with Crippen LogP contribution in [0.3, 0.4) is 0 Å². The van der Waals surface area contributed by atoms with Gasteiger partial charge in [-0.25, -0.2) is 4.98 Å². The van der Waals surface area contributed by atoms with Gasteiger partial charge >= 0.3 is 0 Å². The van der Waals surface area contributed by atoms with Crippen LogP contribution >= 0.6 is 11.3 Å². The number of nitrogens with zero attached hydrogens (tertiary/aromatic N) is 2. The second-order valence-electron chi connectivity index (χ2n) is 5.31. The number of aryl methyl sites for hydroxylation is 1. The number of aromatic nitrogens is 1. The Labute approximate surface area is 107 Å². The maximum atomic E-state index is 9.66. The second kappa shape index (κ2) is 4.94. The van der Waals surface area contributed by atoms with Gasteiger partial charge in [0.2, 0.25) is 0 Å². The number of rotatable bonds is 2. The third-order valence-electron chi connectivity index (χ3n) is 3.81. The Morgan fingerprint density at radius 3 is 2.65 bits per heavy atom. The van der Waals surface area contributed by atoms with Crippen molar-refractivity contribution in [1.82, 2.24) is 4.98 Å². The molecule has 2 rings (SSSR count). The first-order valence-electron chi connectivity index (χ1n) is 6.39. The summed E-state index contributed by atoms with van der Waals surface area (Å²) >= 11 is 1.64.